The van der Waals surface area contributed by atoms with Gasteiger partial charge in [-0.2, -0.15) is 20.5 Å². The van der Waals surface area contributed by atoms with E-state index in [0.29, 0.717) is 48.0 Å². The normalized spacial score (nSPS) is 11.2. The molecule has 2 N–H and O–H groups in total. The molecule has 0 fully saturated rings. The van der Waals surface area contributed by atoms with Crippen molar-refractivity contribution in [3.8, 4) is 5.75 Å². The quantitative estimate of drug-likeness (QED) is 0.166. The third kappa shape index (κ3) is 9.43. The van der Waals surface area contributed by atoms with Gasteiger partial charge in [0.1, 0.15) is 19.0 Å². The molecule has 0 aromatic heterocycles. The summed E-state index contributed by atoms with van der Waals surface area (Å²) in [6, 6.07) is 21.8. The molecule has 37 heavy (non-hydrogen) atoms. The molecule has 194 valence electrons. The minimum atomic E-state index is -0.247. The number of hydrogen-bond acceptors (Lipinski definition) is 10. The molecule has 0 unspecified atom stereocenters. The second kappa shape index (κ2) is 15.1. The van der Waals surface area contributed by atoms with Gasteiger partial charge in [0.15, 0.2) is 0 Å². The summed E-state index contributed by atoms with van der Waals surface area (Å²) in [5.41, 5.74) is 3.61. The lowest BCUT2D eigenvalue weighted by Crippen LogP contribution is -2.29. The molecule has 0 bridgehead atoms. The third-order valence-electron chi connectivity index (χ3n) is 5.11. The van der Waals surface area contributed by atoms with E-state index in [1.165, 1.54) is 0 Å². The SMILES string of the molecule is CCC(=O)OCCOc1ccc(N=Nc2ccc(N=Nc3ccc(N(CCO)CCO)cc3)cc2)cc1. The zero-order valence-electron chi connectivity index (χ0n) is 20.7. The lowest BCUT2D eigenvalue weighted by molar-refractivity contribution is -0.143. The molecular formula is C27H31N5O5. The molecule has 0 aliphatic heterocycles. The van der Waals surface area contributed by atoms with Gasteiger partial charge in [-0.25, -0.2) is 0 Å². The number of aliphatic hydroxyl groups is 2. The van der Waals surface area contributed by atoms with Gasteiger partial charge in [-0.3, -0.25) is 4.79 Å². The van der Waals surface area contributed by atoms with Crippen LogP contribution >= 0.6 is 0 Å². The molecule has 3 rings (SSSR count). The molecule has 0 atom stereocenters. The maximum atomic E-state index is 11.1. The van der Waals surface area contributed by atoms with Gasteiger partial charge in [-0.05, 0) is 72.8 Å². The summed E-state index contributed by atoms with van der Waals surface area (Å²) in [7, 11) is 0. The second-order valence-electron chi connectivity index (χ2n) is 7.78. The lowest BCUT2D eigenvalue weighted by atomic mass is 10.2. The van der Waals surface area contributed by atoms with E-state index in [2.05, 4.69) is 20.5 Å². The van der Waals surface area contributed by atoms with Gasteiger partial charge in [0.05, 0.1) is 36.0 Å². The number of hydrogen-bond donors (Lipinski definition) is 2. The van der Waals surface area contributed by atoms with Crippen molar-refractivity contribution in [1.29, 1.82) is 0 Å². The largest absolute Gasteiger partial charge is 0.490 e. The molecule has 10 heteroatoms. The number of nitrogens with zero attached hydrogens (tertiary/aromatic N) is 5. The third-order valence-corrected chi connectivity index (χ3v) is 5.11. The van der Waals surface area contributed by atoms with E-state index >= 15 is 0 Å². The van der Waals surface area contributed by atoms with Crippen molar-refractivity contribution in [2.45, 2.75) is 13.3 Å². The lowest BCUT2D eigenvalue weighted by Gasteiger charge is -2.22. The number of carbonyl (C=O) groups excluding carboxylic acids is 1. The molecule has 0 saturated carbocycles. The number of aliphatic hydroxyl groups excluding tert-OH is 2. The van der Waals surface area contributed by atoms with Crippen molar-refractivity contribution in [3.05, 3.63) is 72.8 Å². The molecule has 0 radical (unpaired) electrons. The Morgan fingerprint density at radius 2 is 1.14 bits per heavy atom. The minimum Gasteiger partial charge on any atom is -0.490 e. The van der Waals surface area contributed by atoms with Crippen molar-refractivity contribution in [1.82, 2.24) is 0 Å². The standard InChI is InChI=1S/C27H31N5O5/c1-2-27(35)37-20-19-36-26-13-9-24(10-14-26)31-29-22-5-3-21(4-6-22)28-30-23-7-11-25(12-8-23)32(15-17-33)16-18-34/h3-14,33-34H,2,15-20H2,1H3. The van der Waals surface area contributed by atoms with Gasteiger partial charge in [-0.15, -0.1) is 0 Å². The molecular weight excluding hydrogens is 474 g/mol. The summed E-state index contributed by atoms with van der Waals surface area (Å²) in [5.74, 6) is 0.409. The zero-order chi connectivity index (χ0) is 26.3. The molecule has 0 aliphatic rings. The van der Waals surface area contributed by atoms with E-state index in [0.717, 1.165) is 5.69 Å². The van der Waals surface area contributed by atoms with Crippen molar-refractivity contribution in [2.75, 3.05) is 44.4 Å². The maximum absolute atomic E-state index is 11.1. The average molecular weight is 506 g/mol. The molecule has 0 heterocycles. The predicted octanol–water partition coefficient (Wildman–Crippen LogP) is 5.64. The van der Waals surface area contributed by atoms with Crippen molar-refractivity contribution < 1.29 is 24.5 Å². The minimum absolute atomic E-state index is 0.0124. The van der Waals surface area contributed by atoms with Crippen LogP contribution in [0.15, 0.2) is 93.3 Å². The highest BCUT2D eigenvalue weighted by Gasteiger charge is 2.05. The monoisotopic (exact) mass is 505 g/mol. The maximum Gasteiger partial charge on any atom is 0.305 e. The van der Waals surface area contributed by atoms with Gasteiger partial charge >= 0.3 is 5.97 Å². The summed E-state index contributed by atoms with van der Waals surface area (Å²) in [5, 5.41) is 35.3. The van der Waals surface area contributed by atoms with E-state index in [1.807, 2.05) is 29.2 Å². The Balaban J connectivity index is 1.50. The van der Waals surface area contributed by atoms with E-state index in [1.54, 1.807) is 55.5 Å². The van der Waals surface area contributed by atoms with Crippen molar-refractivity contribution in [2.24, 2.45) is 20.5 Å². The molecule has 3 aromatic rings. The van der Waals surface area contributed by atoms with Crippen LogP contribution in [0.3, 0.4) is 0 Å². The fourth-order valence-electron chi connectivity index (χ4n) is 3.18. The summed E-state index contributed by atoms with van der Waals surface area (Å²) in [6.07, 6.45) is 0.348. The van der Waals surface area contributed by atoms with Crippen LogP contribution in [-0.4, -0.2) is 55.7 Å². The van der Waals surface area contributed by atoms with Crippen LogP contribution in [0.4, 0.5) is 28.4 Å². The van der Waals surface area contributed by atoms with Crippen LogP contribution in [0.25, 0.3) is 0 Å². The second-order valence-corrected chi connectivity index (χ2v) is 7.78. The van der Waals surface area contributed by atoms with Crippen LogP contribution in [0.1, 0.15) is 13.3 Å². The Morgan fingerprint density at radius 1 is 0.703 bits per heavy atom. The number of esters is 1. The predicted molar refractivity (Wildman–Crippen MR) is 141 cm³/mol. The molecule has 0 spiro atoms. The molecule has 10 nitrogen and oxygen atoms in total. The fourth-order valence-corrected chi connectivity index (χ4v) is 3.18. The van der Waals surface area contributed by atoms with Gasteiger partial charge in [0.2, 0.25) is 0 Å². The number of rotatable bonds is 14. The number of anilines is 1. The Morgan fingerprint density at radius 3 is 1.57 bits per heavy atom. The first kappa shape index (κ1) is 27.4. The van der Waals surface area contributed by atoms with Crippen LogP contribution in [0.2, 0.25) is 0 Å². The fraction of sp³-hybridized carbons (Fsp3) is 0.296. The van der Waals surface area contributed by atoms with E-state index in [-0.39, 0.29) is 32.4 Å². The number of carbonyl (C=O) groups is 1. The van der Waals surface area contributed by atoms with Crippen molar-refractivity contribution >= 4 is 34.4 Å². The van der Waals surface area contributed by atoms with Gasteiger partial charge in [0.25, 0.3) is 0 Å². The van der Waals surface area contributed by atoms with Gasteiger partial charge < -0.3 is 24.6 Å². The Labute approximate surface area is 215 Å². The molecule has 0 aliphatic carbocycles. The first-order valence-electron chi connectivity index (χ1n) is 12.0. The Bertz CT molecular complexity index is 1140. The van der Waals surface area contributed by atoms with Crippen LogP contribution in [-0.2, 0) is 9.53 Å². The van der Waals surface area contributed by atoms with Crippen LogP contribution in [0.5, 0.6) is 5.75 Å². The average Bonchev–Trinajstić information content (AvgIpc) is 2.94. The number of benzene rings is 3. The summed E-state index contributed by atoms with van der Waals surface area (Å²) in [6.45, 7) is 3.17. The van der Waals surface area contributed by atoms with Crippen LogP contribution in [0, 0.1) is 0 Å². The topological polar surface area (TPSA) is 129 Å². The Kier molecular flexibility index (Phi) is 11.2. The van der Waals surface area contributed by atoms with Crippen LogP contribution < -0.4 is 9.64 Å². The zero-order valence-corrected chi connectivity index (χ0v) is 20.7. The highest BCUT2D eigenvalue weighted by Crippen LogP contribution is 2.25. The first-order chi connectivity index (χ1) is 18.1. The van der Waals surface area contributed by atoms with E-state index in [4.69, 9.17) is 9.47 Å². The molecule has 0 amide bonds. The molecule has 0 saturated heterocycles. The van der Waals surface area contributed by atoms with Gasteiger partial charge in [0, 0.05) is 25.2 Å². The summed E-state index contributed by atoms with van der Waals surface area (Å²) >= 11 is 0. The number of ether oxygens (including phenoxy) is 2. The highest BCUT2D eigenvalue weighted by atomic mass is 16.6. The van der Waals surface area contributed by atoms with E-state index < -0.39 is 0 Å². The Hall–Kier alpha value is -4.15. The van der Waals surface area contributed by atoms with E-state index in [9.17, 15) is 15.0 Å². The number of azo groups is 2. The smallest absolute Gasteiger partial charge is 0.305 e. The highest BCUT2D eigenvalue weighted by molar-refractivity contribution is 5.68. The van der Waals surface area contributed by atoms with Crippen molar-refractivity contribution in [3.63, 3.8) is 0 Å². The summed E-state index contributed by atoms with van der Waals surface area (Å²) in [4.78, 5) is 13.0. The van der Waals surface area contributed by atoms with Gasteiger partial charge in [-0.1, -0.05) is 6.92 Å². The first-order valence-corrected chi connectivity index (χ1v) is 12.0. The summed E-state index contributed by atoms with van der Waals surface area (Å²) < 4.78 is 10.5. The molecule has 3 aromatic carbocycles.